The molecule has 5 nitrogen and oxygen atoms in total. The van der Waals surface area contributed by atoms with Gasteiger partial charge in [0.2, 0.25) is 0 Å². The first-order chi connectivity index (χ1) is 10.6. The zero-order chi connectivity index (χ0) is 15.5. The van der Waals surface area contributed by atoms with Crippen LogP contribution >= 0.6 is 24.8 Å². The number of hydrogen-bond donors (Lipinski definition) is 1. The van der Waals surface area contributed by atoms with E-state index < -0.39 is 0 Å². The number of nitrogens with zero attached hydrogens (tertiary/aromatic N) is 3. The Balaban J connectivity index is 0.00000144. The summed E-state index contributed by atoms with van der Waals surface area (Å²) in [5, 5.41) is 0. The number of hydrogen-bond acceptors (Lipinski definition) is 4. The van der Waals surface area contributed by atoms with E-state index in [1.807, 2.05) is 54.4 Å². The number of benzene rings is 1. The Labute approximate surface area is 154 Å². The molecule has 0 spiro atoms. The molecule has 1 atom stereocenters. The first-order valence-corrected chi connectivity index (χ1v) is 7.45. The Morgan fingerprint density at radius 1 is 1.21 bits per heavy atom. The lowest BCUT2D eigenvalue weighted by molar-refractivity contribution is 0.0790. The molecule has 2 aromatic rings. The molecule has 2 N–H and O–H groups in total. The van der Waals surface area contributed by atoms with Gasteiger partial charge in [0, 0.05) is 38.1 Å². The average molecular weight is 369 g/mol. The van der Waals surface area contributed by atoms with Gasteiger partial charge in [0.15, 0.2) is 0 Å². The maximum absolute atomic E-state index is 12.4. The monoisotopic (exact) mass is 368 g/mol. The van der Waals surface area contributed by atoms with Gasteiger partial charge in [-0.05, 0) is 30.7 Å². The quantitative estimate of drug-likeness (QED) is 0.904. The van der Waals surface area contributed by atoms with Crippen LogP contribution in [0, 0.1) is 0 Å². The molecular weight excluding hydrogens is 347 g/mol. The molecule has 0 saturated carbocycles. The van der Waals surface area contributed by atoms with E-state index in [0.717, 1.165) is 24.5 Å². The van der Waals surface area contributed by atoms with Crippen molar-refractivity contribution in [3.8, 4) is 0 Å². The van der Waals surface area contributed by atoms with Crippen LogP contribution < -0.4 is 10.6 Å². The lowest BCUT2D eigenvalue weighted by Gasteiger charge is -2.19. The van der Waals surface area contributed by atoms with Crippen molar-refractivity contribution >= 4 is 42.2 Å². The number of carbonyl (C=O) groups excluding carboxylic acids is 1. The second-order valence-electron chi connectivity index (χ2n) is 5.60. The van der Waals surface area contributed by atoms with Crippen molar-refractivity contribution in [2.75, 3.05) is 25.0 Å². The molecule has 1 aliphatic rings. The standard InChI is InChI=1S/C17H20N4O.2ClH/c1-20(15-5-3-2-4-6-15)16-8-7-13(11-19-16)17(22)21-10-9-14(18)12-21;;/h2-8,11,14H,9-10,12,18H2,1H3;2*1H/t14-;;/m1../s1. The Morgan fingerprint density at radius 2 is 1.92 bits per heavy atom. The van der Waals surface area contributed by atoms with E-state index in [9.17, 15) is 4.79 Å². The highest BCUT2D eigenvalue weighted by Gasteiger charge is 2.24. The molecule has 3 rings (SSSR count). The van der Waals surface area contributed by atoms with Crippen molar-refractivity contribution in [3.05, 3.63) is 54.2 Å². The van der Waals surface area contributed by atoms with Crippen molar-refractivity contribution in [2.24, 2.45) is 5.73 Å². The first kappa shape index (κ1) is 20.2. The van der Waals surface area contributed by atoms with E-state index >= 15 is 0 Å². The molecule has 1 fully saturated rings. The fourth-order valence-electron chi connectivity index (χ4n) is 2.65. The molecule has 2 heterocycles. The fourth-order valence-corrected chi connectivity index (χ4v) is 2.65. The second-order valence-corrected chi connectivity index (χ2v) is 5.60. The fraction of sp³-hybridized carbons (Fsp3) is 0.294. The zero-order valence-electron chi connectivity index (χ0n) is 13.5. The number of halogens is 2. The smallest absolute Gasteiger partial charge is 0.255 e. The van der Waals surface area contributed by atoms with Crippen molar-refractivity contribution in [1.29, 1.82) is 0 Å². The largest absolute Gasteiger partial charge is 0.337 e. The first-order valence-electron chi connectivity index (χ1n) is 7.45. The SMILES string of the molecule is CN(c1ccccc1)c1ccc(C(=O)N2CC[C@@H](N)C2)cn1.Cl.Cl. The van der Waals surface area contributed by atoms with Gasteiger partial charge >= 0.3 is 0 Å². The summed E-state index contributed by atoms with van der Waals surface area (Å²) in [5.74, 6) is 0.815. The van der Waals surface area contributed by atoms with Crippen LogP contribution in [0.25, 0.3) is 0 Å². The highest BCUT2D eigenvalue weighted by atomic mass is 35.5. The number of likely N-dealkylation sites (tertiary alicyclic amines) is 1. The molecule has 1 aliphatic heterocycles. The zero-order valence-corrected chi connectivity index (χ0v) is 15.1. The Hall–Kier alpha value is -1.82. The number of anilines is 2. The number of rotatable bonds is 3. The third-order valence-corrected chi connectivity index (χ3v) is 3.99. The molecule has 1 aromatic heterocycles. The minimum atomic E-state index is 0. The van der Waals surface area contributed by atoms with E-state index in [1.54, 1.807) is 11.1 Å². The van der Waals surface area contributed by atoms with E-state index in [1.165, 1.54) is 0 Å². The minimum Gasteiger partial charge on any atom is -0.337 e. The molecule has 0 bridgehead atoms. The molecule has 1 saturated heterocycles. The predicted molar refractivity (Wildman–Crippen MR) is 102 cm³/mol. The Morgan fingerprint density at radius 3 is 2.46 bits per heavy atom. The summed E-state index contributed by atoms with van der Waals surface area (Å²) in [6, 6.07) is 13.8. The number of amides is 1. The van der Waals surface area contributed by atoms with E-state index in [4.69, 9.17) is 5.73 Å². The highest BCUT2D eigenvalue weighted by Crippen LogP contribution is 2.21. The topological polar surface area (TPSA) is 62.5 Å². The molecule has 0 unspecified atom stereocenters. The Kier molecular flexibility index (Phi) is 7.48. The summed E-state index contributed by atoms with van der Waals surface area (Å²) in [5.41, 5.74) is 7.52. The normalized spacial score (nSPS) is 16.1. The number of nitrogens with two attached hydrogens (primary N) is 1. The van der Waals surface area contributed by atoms with Gasteiger partial charge in [-0.25, -0.2) is 4.98 Å². The molecule has 24 heavy (non-hydrogen) atoms. The average Bonchev–Trinajstić information content (AvgIpc) is 3.01. The van der Waals surface area contributed by atoms with Crippen LogP contribution in [0.15, 0.2) is 48.7 Å². The molecule has 1 amide bonds. The van der Waals surface area contributed by atoms with Crippen LogP contribution in [-0.2, 0) is 0 Å². The van der Waals surface area contributed by atoms with Gasteiger partial charge in [0.1, 0.15) is 5.82 Å². The lowest BCUT2D eigenvalue weighted by atomic mass is 10.2. The van der Waals surface area contributed by atoms with Crippen LogP contribution in [0.4, 0.5) is 11.5 Å². The van der Waals surface area contributed by atoms with Crippen LogP contribution in [-0.4, -0.2) is 42.0 Å². The Bertz CT molecular complexity index is 651. The van der Waals surface area contributed by atoms with Crippen molar-refractivity contribution in [3.63, 3.8) is 0 Å². The van der Waals surface area contributed by atoms with Crippen molar-refractivity contribution in [1.82, 2.24) is 9.88 Å². The van der Waals surface area contributed by atoms with Gasteiger partial charge < -0.3 is 15.5 Å². The molecule has 130 valence electrons. The van der Waals surface area contributed by atoms with Gasteiger partial charge in [0.05, 0.1) is 5.56 Å². The lowest BCUT2D eigenvalue weighted by Crippen LogP contribution is -2.31. The summed E-state index contributed by atoms with van der Waals surface area (Å²) in [6.45, 7) is 1.36. The summed E-state index contributed by atoms with van der Waals surface area (Å²) in [6.07, 6.45) is 2.51. The maximum Gasteiger partial charge on any atom is 0.255 e. The van der Waals surface area contributed by atoms with E-state index in [0.29, 0.717) is 12.1 Å². The maximum atomic E-state index is 12.4. The number of aromatic nitrogens is 1. The number of para-hydroxylation sites is 1. The van der Waals surface area contributed by atoms with Gasteiger partial charge in [-0.15, -0.1) is 24.8 Å². The minimum absolute atomic E-state index is 0. The van der Waals surface area contributed by atoms with Crippen molar-refractivity contribution in [2.45, 2.75) is 12.5 Å². The summed E-state index contributed by atoms with van der Waals surface area (Å²) < 4.78 is 0. The van der Waals surface area contributed by atoms with Crippen LogP contribution in [0.3, 0.4) is 0 Å². The highest BCUT2D eigenvalue weighted by molar-refractivity contribution is 5.94. The molecule has 7 heteroatoms. The van der Waals surface area contributed by atoms with E-state index in [-0.39, 0.29) is 36.8 Å². The molecule has 0 radical (unpaired) electrons. The van der Waals surface area contributed by atoms with Crippen LogP contribution in [0.2, 0.25) is 0 Å². The van der Waals surface area contributed by atoms with E-state index in [2.05, 4.69) is 4.98 Å². The van der Waals surface area contributed by atoms with Crippen LogP contribution in [0.1, 0.15) is 16.8 Å². The summed E-state index contributed by atoms with van der Waals surface area (Å²) >= 11 is 0. The van der Waals surface area contributed by atoms with Gasteiger partial charge in [-0.2, -0.15) is 0 Å². The molecule has 0 aliphatic carbocycles. The number of carbonyl (C=O) groups is 1. The summed E-state index contributed by atoms with van der Waals surface area (Å²) in [7, 11) is 1.96. The number of pyridine rings is 1. The van der Waals surface area contributed by atoms with Crippen molar-refractivity contribution < 1.29 is 4.79 Å². The molecular formula is C17H22Cl2N4O. The van der Waals surface area contributed by atoms with Crippen LogP contribution in [0.5, 0.6) is 0 Å². The van der Waals surface area contributed by atoms with Gasteiger partial charge in [-0.3, -0.25) is 4.79 Å². The third kappa shape index (κ3) is 4.38. The second kappa shape index (κ2) is 8.87. The summed E-state index contributed by atoms with van der Waals surface area (Å²) in [4.78, 5) is 20.6. The predicted octanol–water partition coefficient (Wildman–Crippen LogP) is 2.87. The van der Waals surface area contributed by atoms with Gasteiger partial charge in [0.25, 0.3) is 5.91 Å². The third-order valence-electron chi connectivity index (χ3n) is 3.99. The molecule has 1 aromatic carbocycles. The van der Waals surface area contributed by atoms with Gasteiger partial charge in [-0.1, -0.05) is 18.2 Å².